The number of rotatable bonds is 4. The van der Waals surface area contributed by atoms with Crippen LogP contribution in [-0.2, 0) is 4.79 Å². The zero-order valence-corrected chi connectivity index (χ0v) is 18.1. The van der Waals surface area contributed by atoms with Crippen LogP contribution in [-0.4, -0.2) is 29.9 Å². The number of hydrogen-bond acceptors (Lipinski definition) is 2. The normalized spacial score (nSPS) is 17.2. The minimum absolute atomic E-state index is 0.00807. The van der Waals surface area contributed by atoms with Crippen molar-refractivity contribution < 1.29 is 9.59 Å². The first-order valence-corrected chi connectivity index (χ1v) is 10.9. The first-order chi connectivity index (χ1) is 15.0. The molecule has 5 heteroatoms. The molecule has 1 fully saturated rings. The van der Waals surface area contributed by atoms with Crippen LogP contribution in [0.5, 0.6) is 0 Å². The highest BCUT2D eigenvalue weighted by Gasteiger charge is 2.29. The Bertz CT molecular complexity index is 1090. The van der Waals surface area contributed by atoms with Crippen LogP contribution in [0.2, 0.25) is 0 Å². The Morgan fingerprint density at radius 2 is 1.81 bits per heavy atom. The second-order valence-electron chi connectivity index (χ2n) is 8.42. The quantitative estimate of drug-likeness (QED) is 0.610. The van der Waals surface area contributed by atoms with Crippen molar-refractivity contribution in [2.75, 3.05) is 18.4 Å². The zero-order valence-electron chi connectivity index (χ0n) is 18.1. The summed E-state index contributed by atoms with van der Waals surface area (Å²) >= 11 is 0. The number of aryl methyl sites for hydroxylation is 1. The summed E-state index contributed by atoms with van der Waals surface area (Å²) in [6.07, 6.45) is 1.62. The van der Waals surface area contributed by atoms with E-state index in [1.165, 1.54) is 5.39 Å². The minimum atomic E-state index is -0.195. The Hall–Kier alpha value is -3.34. The first kappa shape index (κ1) is 20.9. The van der Waals surface area contributed by atoms with Gasteiger partial charge in [-0.1, -0.05) is 48.5 Å². The number of hydrogen-bond donors (Lipinski definition) is 2. The second-order valence-corrected chi connectivity index (χ2v) is 8.42. The molecule has 1 aliphatic rings. The molecule has 3 aromatic rings. The number of urea groups is 1. The predicted molar refractivity (Wildman–Crippen MR) is 125 cm³/mol. The molecule has 0 aliphatic carbocycles. The summed E-state index contributed by atoms with van der Waals surface area (Å²) in [4.78, 5) is 27.4. The van der Waals surface area contributed by atoms with E-state index in [9.17, 15) is 9.59 Å². The van der Waals surface area contributed by atoms with Gasteiger partial charge in [-0.2, -0.15) is 0 Å². The molecule has 0 unspecified atom stereocenters. The average molecular weight is 416 g/mol. The lowest BCUT2D eigenvalue weighted by Gasteiger charge is -2.32. The fourth-order valence-electron chi connectivity index (χ4n) is 4.19. The van der Waals surface area contributed by atoms with Gasteiger partial charge in [0.25, 0.3) is 0 Å². The summed E-state index contributed by atoms with van der Waals surface area (Å²) < 4.78 is 0. The number of nitrogens with one attached hydrogen (secondary N) is 2. The maximum atomic E-state index is 12.9. The lowest BCUT2D eigenvalue weighted by atomic mass is 9.96. The number of anilines is 1. The highest BCUT2D eigenvalue weighted by atomic mass is 16.2. The Morgan fingerprint density at radius 3 is 2.61 bits per heavy atom. The number of piperidine rings is 1. The van der Waals surface area contributed by atoms with Crippen LogP contribution in [0.3, 0.4) is 0 Å². The smallest absolute Gasteiger partial charge is 0.321 e. The van der Waals surface area contributed by atoms with Crippen molar-refractivity contribution in [3.8, 4) is 0 Å². The number of likely N-dealkylation sites (tertiary alicyclic amines) is 1. The Labute approximate surface area is 183 Å². The summed E-state index contributed by atoms with van der Waals surface area (Å²) in [6, 6.07) is 22.0. The van der Waals surface area contributed by atoms with Gasteiger partial charge in [-0.15, -0.1) is 0 Å². The van der Waals surface area contributed by atoms with Gasteiger partial charge in [-0.25, -0.2) is 4.79 Å². The number of amides is 3. The highest BCUT2D eigenvalue weighted by molar-refractivity contribution is 5.90. The van der Waals surface area contributed by atoms with Gasteiger partial charge in [0, 0.05) is 18.8 Å². The van der Waals surface area contributed by atoms with Crippen molar-refractivity contribution in [3.05, 3.63) is 77.9 Å². The summed E-state index contributed by atoms with van der Waals surface area (Å²) in [5, 5.41) is 8.45. The van der Waals surface area contributed by atoms with Crippen molar-refractivity contribution in [2.45, 2.75) is 32.7 Å². The maximum absolute atomic E-state index is 12.9. The predicted octanol–water partition coefficient (Wildman–Crippen LogP) is 5.27. The van der Waals surface area contributed by atoms with Crippen molar-refractivity contribution >= 4 is 28.4 Å². The van der Waals surface area contributed by atoms with Crippen LogP contribution in [0.4, 0.5) is 10.5 Å². The first-order valence-electron chi connectivity index (χ1n) is 10.9. The van der Waals surface area contributed by atoms with Crippen molar-refractivity contribution in [3.63, 3.8) is 0 Å². The van der Waals surface area contributed by atoms with Crippen LogP contribution in [0, 0.1) is 12.8 Å². The molecule has 1 heterocycles. The third-order valence-electron chi connectivity index (χ3n) is 5.98. The molecule has 1 saturated heterocycles. The molecular formula is C26H29N3O2. The van der Waals surface area contributed by atoms with Gasteiger partial charge in [0.2, 0.25) is 5.91 Å². The van der Waals surface area contributed by atoms with E-state index < -0.39 is 0 Å². The minimum Gasteiger partial charge on any atom is -0.349 e. The van der Waals surface area contributed by atoms with E-state index in [0.29, 0.717) is 13.1 Å². The molecule has 0 aromatic heterocycles. The molecule has 1 aliphatic heterocycles. The SMILES string of the molecule is Cc1cccc(NC(=O)N2CCC[C@H](C(=O)N[C@@H](C)c3ccc4ccccc4c3)C2)c1. The number of carbonyl (C=O) groups excluding carboxylic acids is 2. The van der Waals surface area contributed by atoms with Gasteiger partial charge >= 0.3 is 6.03 Å². The van der Waals surface area contributed by atoms with Crippen molar-refractivity contribution in [1.29, 1.82) is 0 Å². The fourth-order valence-corrected chi connectivity index (χ4v) is 4.19. The highest BCUT2D eigenvalue weighted by Crippen LogP contribution is 2.23. The van der Waals surface area contributed by atoms with E-state index in [1.807, 2.05) is 50.2 Å². The molecule has 0 bridgehead atoms. The van der Waals surface area contributed by atoms with E-state index in [0.717, 1.165) is 35.0 Å². The van der Waals surface area contributed by atoms with Crippen LogP contribution < -0.4 is 10.6 Å². The molecule has 4 rings (SSSR count). The maximum Gasteiger partial charge on any atom is 0.321 e. The zero-order chi connectivity index (χ0) is 21.8. The molecule has 0 saturated carbocycles. The van der Waals surface area contributed by atoms with Gasteiger partial charge in [0.1, 0.15) is 0 Å². The topological polar surface area (TPSA) is 61.4 Å². The largest absolute Gasteiger partial charge is 0.349 e. The third-order valence-corrected chi connectivity index (χ3v) is 5.98. The van der Waals surface area contributed by atoms with E-state index in [1.54, 1.807) is 4.90 Å². The number of fused-ring (bicyclic) bond motifs is 1. The molecule has 0 radical (unpaired) electrons. The van der Waals surface area contributed by atoms with Crippen LogP contribution in [0.25, 0.3) is 10.8 Å². The van der Waals surface area contributed by atoms with Crippen LogP contribution in [0.15, 0.2) is 66.7 Å². The fraction of sp³-hybridized carbons (Fsp3) is 0.308. The molecule has 3 aromatic carbocycles. The van der Waals surface area contributed by atoms with Gasteiger partial charge in [-0.3, -0.25) is 4.79 Å². The molecule has 5 nitrogen and oxygen atoms in total. The summed E-state index contributed by atoms with van der Waals surface area (Å²) in [5.74, 6) is -0.186. The Morgan fingerprint density at radius 1 is 1.00 bits per heavy atom. The van der Waals surface area contributed by atoms with Crippen molar-refractivity contribution in [2.24, 2.45) is 5.92 Å². The molecule has 3 amide bonds. The molecule has 2 N–H and O–H groups in total. The van der Waals surface area contributed by atoms with Gasteiger partial charge in [0.15, 0.2) is 0 Å². The Balaban J connectivity index is 1.37. The lowest BCUT2D eigenvalue weighted by Crippen LogP contribution is -2.47. The van der Waals surface area contributed by atoms with Gasteiger partial charge < -0.3 is 15.5 Å². The summed E-state index contributed by atoms with van der Waals surface area (Å²) in [5.41, 5.74) is 2.95. The molecule has 160 valence electrons. The van der Waals surface area contributed by atoms with Gasteiger partial charge in [-0.05, 0) is 66.8 Å². The van der Waals surface area contributed by atoms with Crippen LogP contribution >= 0.6 is 0 Å². The second kappa shape index (κ2) is 9.21. The van der Waals surface area contributed by atoms with Crippen molar-refractivity contribution in [1.82, 2.24) is 10.2 Å². The van der Waals surface area contributed by atoms with E-state index in [-0.39, 0.29) is 23.9 Å². The number of benzene rings is 3. The van der Waals surface area contributed by atoms with E-state index in [2.05, 4.69) is 41.0 Å². The number of carbonyl (C=O) groups is 2. The number of nitrogens with zero attached hydrogens (tertiary/aromatic N) is 1. The monoisotopic (exact) mass is 415 g/mol. The summed E-state index contributed by atoms with van der Waals surface area (Å²) in [7, 11) is 0. The average Bonchev–Trinajstić information content (AvgIpc) is 2.78. The summed E-state index contributed by atoms with van der Waals surface area (Å²) in [6.45, 7) is 5.11. The van der Waals surface area contributed by atoms with Crippen LogP contribution in [0.1, 0.15) is 36.9 Å². The molecular weight excluding hydrogens is 386 g/mol. The molecule has 0 spiro atoms. The molecule has 2 atom stereocenters. The lowest BCUT2D eigenvalue weighted by molar-refractivity contribution is -0.126. The third kappa shape index (κ3) is 5.05. The van der Waals surface area contributed by atoms with E-state index in [4.69, 9.17) is 0 Å². The van der Waals surface area contributed by atoms with Gasteiger partial charge in [0.05, 0.1) is 12.0 Å². The Kier molecular flexibility index (Phi) is 6.21. The molecule has 31 heavy (non-hydrogen) atoms. The standard InChI is InChI=1S/C26H29N3O2/c1-18-7-5-11-24(15-18)28-26(31)29-14-6-10-23(17-29)25(30)27-19(2)21-13-12-20-8-3-4-9-22(20)16-21/h3-5,7-9,11-13,15-16,19,23H,6,10,14,17H2,1-2H3,(H,27,30)(H,28,31)/t19-,23-/m0/s1. The van der Waals surface area contributed by atoms with E-state index >= 15 is 0 Å².